The van der Waals surface area contributed by atoms with Crippen LogP contribution in [0.3, 0.4) is 0 Å². The van der Waals surface area contributed by atoms with Gasteiger partial charge in [-0.15, -0.1) is 0 Å². The summed E-state index contributed by atoms with van der Waals surface area (Å²) in [5, 5.41) is 2.13. The Kier molecular flexibility index (Phi) is 5.93. The predicted octanol–water partition coefficient (Wildman–Crippen LogP) is 5.63. The Morgan fingerprint density at radius 3 is 1.36 bits per heavy atom. The Morgan fingerprint density at radius 1 is 0.727 bits per heavy atom. The second kappa shape index (κ2) is 7.51. The van der Waals surface area contributed by atoms with Crippen LogP contribution in [0.15, 0.2) is 22.2 Å². The second-order valence-electron chi connectivity index (χ2n) is 5.56. The molecule has 0 aliphatic heterocycles. The van der Waals surface area contributed by atoms with Crippen molar-refractivity contribution in [2.75, 3.05) is 0 Å². The second-order valence-corrected chi connectivity index (χ2v) is 7.73. The van der Waals surface area contributed by atoms with Gasteiger partial charge in [-0.05, 0) is 96.5 Å². The summed E-state index contributed by atoms with van der Waals surface area (Å²) < 4.78 is 0. The van der Waals surface area contributed by atoms with E-state index in [1.807, 2.05) is 0 Å². The number of hydrogen-bond acceptors (Lipinski definition) is 4. The lowest BCUT2D eigenvalue weighted by atomic mass is 10.1. The SMILES string of the molecule is CCc1c(C)cc(SSc2cc(C)c(CC)c(C)n2)nc1C. The van der Waals surface area contributed by atoms with Gasteiger partial charge in [-0.3, -0.25) is 0 Å². The van der Waals surface area contributed by atoms with Gasteiger partial charge in [-0.2, -0.15) is 0 Å². The highest BCUT2D eigenvalue weighted by atomic mass is 33.1. The van der Waals surface area contributed by atoms with Crippen LogP contribution in [0.2, 0.25) is 0 Å². The molecule has 0 N–H and O–H groups in total. The third kappa shape index (κ3) is 3.85. The zero-order chi connectivity index (χ0) is 16.3. The van der Waals surface area contributed by atoms with Crippen LogP contribution in [0.5, 0.6) is 0 Å². The van der Waals surface area contributed by atoms with Gasteiger partial charge in [0, 0.05) is 11.4 Å². The number of hydrogen-bond donors (Lipinski definition) is 0. The molecule has 0 aromatic carbocycles. The van der Waals surface area contributed by atoms with E-state index in [1.165, 1.54) is 22.3 Å². The standard InChI is InChI=1S/C18H24N2S2/c1-7-15-11(3)9-17(19-13(15)5)21-22-18-10-12(4)16(8-2)14(6)20-18/h9-10H,7-8H2,1-6H3. The van der Waals surface area contributed by atoms with Crippen molar-refractivity contribution in [1.29, 1.82) is 0 Å². The number of aromatic nitrogens is 2. The summed E-state index contributed by atoms with van der Waals surface area (Å²) in [6, 6.07) is 4.37. The van der Waals surface area contributed by atoms with E-state index in [9.17, 15) is 0 Å². The molecule has 0 saturated heterocycles. The highest BCUT2D eigenvalue weighted by Gasteiger charge is 2.09. The van der Waals surface area contributed by atoms with Crippen LogP contribution >= 0.6 is 21.6 Å². The number of nitrogens with zero attached hydrogens (tertiary/aromatic N) is 2. The average molecular weight is 333 g/mol. The van der Waals surface area contributed by atoms with Crippen LogP contribution in [0.1, 0.15) is 47.5 Å². The smallest absolute Gasteiger partial charge is 0.107 e. The molecule has 0 saturated carbocycles. The fourth-order valence-electron chi connectivity index (χ4n) is 2.89. The van der Waals surface area contributed by atoms with Gasteiger partial charge in [-0.1, -0.05) is 13.8 Å². The van der Waals surface area contributed by atoms with Gasteiger partial charge in [0.1, 0.15) is 10.1 Å². The van der Waals surface area contributed by atoms with Crippen molar-refractivity contribution in [3.63, 3.8) is 0 Å². The van der Waals surface area contributed by atoms with Crippen LogP contribution in [0, 0.1) is 27.7 Å². The van der Waals surface area contributed by atoms with E-state index in [0.717, 1.165) is 34.3 Å². The van der Waals surface area contributed by atoms with Crippen molar-refractivity contribution < 1.29 is 0 Å². The quantitative estimate of drug-likeness (QED) is 0.662. The topological polar surface area (TPSA) is 25.8 Å². The summed E-state index contributed by atoms with van der Waals surface area (Å²) >= 11 is 0. The summed E-state index contributed by atoms with van der Waals surface area (Å²) in [7, 11) is 3.39. The van der Waals surface area contributed by atoms with Crippen molar-refractivity contribution in [3.05, 3.63) is 45.8 Å². The van der Waals surface area contributed by atoms with Crippen LogP contribution in [0.4, 0.5) is 0 Å². The van der Waals surface area contributed by atoms with E-state index < -0.39 is 0 Å². The summed E-state index contributed by atoms with van der Waals surface area (Å²) in [6.45, 7) is 12.9. The van der Waals surface area contributed by atoms with Gasteiger partial charge < -0.3 is 0 Å². The third-order valence-corrected chi connectivity index (χ3v) is 6.10. The molecule has 0 aliphatic rings. The Hall–Kier alpha value is -1.00. The predicted molar refractivity (Wildman–Crippen MR) is 97.9 cm³/mol. The molecule has 4 heteroatoms. The minimum atomic E-state index is 1.04. The van der Waals surface area contributed by atoms with Crippen LogP contribution in [-0.2, 0) is 12.8 Å². The van der Waals surface area contributed by atoms with Gasteiger partial charge in [-0.25, -0.2) is 9.97 Å². The normalized spacial score (nSPS) is 11.0. The summed E-state index contributed by atoms with van der Waals surface area (Å²) in [5.74, 6) is 0. The summed E-state index contributed by atoms with van der Waals surface area (Å²) in [6.07, 6.45) is 2.09. The molecule has 0 spiro atoms. The molecule has 0 atom stereocenters. The maximum atomic E-state index is 4.71. The molecular weight excluding hydrogens is 308 g/mol. The average Bonchev–Trinajstić information content (AvgIpc) is 2.44. The molecule has 0 unspecified atom stereocenters. The Bertz CT molecular complexity index is 575. The highest BCUT2D eigenvalue weighted by molar-refractivity contribution is 8.76. The first kappa shape index (κ1) is 17.4. The molecule has 118 valence electrons. The number of aryl methyl sites for hydroxylation is 4. The fourth-order valence-corrected chi connectivity index (χ4v) is 4.88. The van der Waals surface area contributed by atoms with Gasteiger partial charge in [0.2, 0.25) is 0 Å². The van der Waals surface area contributed by atoms with Crippen LogP contribution < -0.4 is 0 Å². The van der Waals surface area contributed by atoms with Crippen molar-refractivity contribution in [3.8, 4) is 0 Å². The van der Waals surface area contributed by atoms with Crippen molar-refractivity contribution in [1.82, 2.24) is 9.97 Å². The van der Waals surface area contributed by atoms with Gasteiger partial charge in [0.15, 0.2) is 0 Å². The molecule has 0 bridgehead atoms. The van der Waals surface area contributed by atoms with E-state index in [0.29, 0.717) is 0 Å². The third-order valence-electron chi connectivity index (χ3n) is 3.98. The molecule has 0 aliphatic carbocycles. The van der Waals surface area contributed by atoms with E-state index in [-0.39, 0.29) is 0 Å². The molecule has 2 aromatic rings. The first-order valence-corrected chi connectivity index (χ1v) is 9.90. The number of pyridine rings is 2. The molecular formula is C18H24N2S2. The highest BCUT2D eigenvalue weighted by Crippen LogP contribution is 2.37. The van der Waals surface area contributed by atoms with E-state index in [4.69, 9.17) is 9.97 Å². The van der Waals surface area contributed by atoms with Crippen molar-refractivity contribution in [2.24, 2.45) is 0 Å². The molecule has 2 heterocycles. The van der Waals surface area contributed by atoms with E-state index >= 15 is 0 Å². The Balaban J connectivity index is 2.17. The first-order valence-electron chi connectivity index (χ1n) is 7.75. The van der Waals surface area contributed by atoms with E-state index in [2.05, 4.69) is 53.7 Å². The van der Waals surface area contributed by atoms with Crippen molar-refractivity contribution in [2.45, 2.75) is 64.4 Å². The van der Waals surface area contributed by atoms with Gasteiger partial charge in [0.25, 0.3) is 0 Å². The monoisotopic (exact) mass is 332 g/mol. The summed E-state index contributed by atoms with van der Waals surface area (Å²) in [4.78, 5) is 9.43. The Labute approximate surface area is 141 Å². The molecule has 0 fully saturated rings. The van der Waals surface area contributed by atoms with Crippen LogP contribution in [0.25, 0.3) is 0 Å². The fraction of sp³-hybridized carbons (Fsp3) is 0.444. The molecule has 0 amide bonds. The zero-order valence-electron chi connectivity index (χ0n) is 14.3. The largest absolute Gasteiger partial charge is 0.246 e. The zero-order valence-corrected chi connectivity index (χ0v) is 15.9. The lowest BCUT2D eigenvalue weighted by molar-refractivity contribution is 0.964. The first-order chi connectivity index (χ1) is 10.5. The molecule has 2 aromatic heterocycles. The summed E-state index contributed by atoms with van der Waals surface area (Å²) in [5.41, 5.74) is 7.69. The lowest BCUT2D eigenvalue weighted by Gasteiger charge is -2.11. The minimum absolute atomic E-state index is 1.04. The number of rotatable bonds is 5. The molecule has 22 heavy (non-hydrogen) atoms. The van der Waals surface area contributed by atoms with E-state index in [1.54, 1.807) is 21.6 Å². The van der Waals surface area contributed by atoms with Crippen molar-refractivity contribution >= 4 is 21.6 Å². The lowest BCUT2D eigenvalue weighted by Crippen LogP contribution is -1.97. The minimum Gasteiger partial charge on any atom is -0.246 e. The molecule has 2 nitrogen and oxygen atoms in total. The Morgan fingerprint density at radius 2 is 1.09 bits per heavy atom. The molecule has 0 radical (unpaired) electrons. The van der Waals surface area contributed by atoms with Crippen LogP contribution in [-0.4, -0.2) is 9.97 Å². The van der Waals surface area contributed by atoms with Gasteiger partial charge in [0.05, 0.1) is 0 Å². The molecule has 2 rings (SSSR count). The maximum absolute atomic E-state index is 4.71. The maximum Gasteiger partial charge on any atom is 0.107 e. The van der Waals surface area contributed by atoms with Gasteiger partial charge >= 0.3 is 0 Å².